The van der Waals surface area contributed by atoms with E-state index < -0.39 is 0 Å². The highest BCUT2D eigenvalue weighted by Gasteiger charge is 2.09. The van der Waals surface area contributed by atoms with Gasteiger partial charge in [0.1, 0.15) is 12.1 Å². The molecule has 0 saturated carbocycles. The zero-order valence-corrected chi connectivity index (χ0v) is 15.3. The maximum absolute atomic E-state index is 6.25. The van der Waals surface area contributed by atoms with Crippen molar-refractivity contribution < 1.29 is 0 Å². The molecule has 0 amide bonds. The lowest BCUT2D eigenvalue weighted by atomic mass is 10.1. The molecule has 0 aliphatic rings. The van der Waals surface area contributed by atoms with Crippen LogP contribution in [0.2, 0.25) is 0 Å². The molecule has 3 N–H and O–H groups in total. The number of anilines is 1. The first-order valence-corrected chi connectivity index (χ1v) is 9.38. The van der Waals surface area contributed by atoms with E-state index in [1.165, 1.54) is 15.6 Å². The summed E-state index contributed by atoms with van der Waals surface area (Å²) in [6.07, 6.45) is 1.60. The van der Waals surface area contributed by atoms with Gasteiger partial charge >= 0.3 is 0 Å². The third-order valence-corrected chi connectivity index (χ3v) is 5.46. The van der Waals surface area contributed by atoms with Crippen molar-refractivity contribution in [1.82, 2.24) is 9.97 Å². The first-order chi connectivity index (χ1) is 12.7. The second-order valence-electron chi connectivity index (χ2n) is 6.34. The summed E-state index contributed by atoms with van der Waals surface area (Å²) < 4.78 is 1.27. The third kappa shape index (κ3) is 3.59. The van der Waals surface area contributed by atoms with Gasteiger partial charge in [-0.05, 0) is 30.0 Å². The summed E-state index contributed by atoms with van der Waals surface area (Å²) in [6.45, 7) is 2.73. The number of hydrogen-bond donors (Lipinski definition) is 2. The first kappa shape index (κ1) is 16.7. The summed E-state index contributed by atoms with van der Waals surface area (Å²) in [5.41, 5.74) is 9.55. The minimum atomic E-state index is -0.0816. The van der Waals surface area contributed by atoms with Gasteiger partial charge in [-0.15, -0.1) is 11.3 Å². The molecule has 4 nitrogen and oxygen atoms in total. The number of nitrogens with zero attached hydrogens (tertiary/aromatic N) is 2. The van der Waals surface area contributed by atoms with Gasteiger partial charge in [0.15, 0.2) is 0 Å². The molecule has 0 saturated heterocycles. The standard InChI is InChI=1S/C21H20N4S/c1-14-7-8-19-16(9-14)10-20(26-19)18-11-21(25-13-24-18)23-12-17(22)15-5-3-2-4-6-15/h2-11,13,17H,12,22H2,1H3,(H,23,24,25)/t17-/m0/s1. The lowest BCUT2D eigenvalue weighted by Gasteiger charge is -2.13. The SMILES string of the molecule is Cc1ccc2sc(-c3cc(NC[C@H](N)c4ccccc4)ncn3)cc2c1. The van der Waals surface area contributed by atoms with Gasteiger partial charge < -0.3 is 11.1 Å². The minimum absolute atomic E-state index is 0.0816. The number of hydrogen-bond acceptors (Lipinski definition) is 5. The van der Waals surface area contributed by atoms with E-state index in [0.29, 0.717) is 6.54 Å². The summed E-state index contributed by atoms with van der Waals surface area (Å²) in [5.74, 6) is 0.787. The van der Waals surface area contributed by atoms with Gasteiger partial charge in [0, 0.05) is 23.4 Å². The fraction of sp³-hybridized carbons (Fsp3) is 0.143. The Hall–Kier alpha value is -2.76. The number of benzene rings is 2. The fourth-order valence-corrected chi connectivity index (χ4v) is 3.92. The predicted molar refractivity (Wildman–Crippen MR) is 109 cm³/mol. The van der Waals surface area contributed by atoms with Crippen LogP contribution in [0.5, 0.6) is 0 Å². The Bertz CT molecular complexity index is 1030. The predicted octanol–water partition coefficient (Wildman–Crippen LogP) is 4.78. The van der Waals surface area contributed by atoms with Crippen LogP contribution < -0.4 is 11.1 Å². The molecule has 2 aromatic carbocycles. The molecule has 2 aromatic heterocycles. The lowest BCUT2D eigenvalue weighted by Crippen LogP contribution is -2.20. The van der Waals surface area contributed by atoms with Crippen molar-refractivity contribution in [2.45, 2.75) is 13.0 Å². The summed E-state index contributed by atoms with van der Waals surface area (Å²) in [7, 11) is 0. The van der Waals surface area contributed by atoms with Crippen molar-refractivity contribution in [2.75, 3.05) is 11.9 Å². The van der Waals surface area contributed by atoms with Crippen LogP contribution in [0.15, 0.2) is 67.0 Å². The average Bonchev–Trinajstić information content (AvgIpc) is 3.10. The van der Waals surface area contributed by atoms with Crippen molar-refractivity contribution in [1.29, 1.82) is 0 Å². The summed E-state index contributed by atoms with van der Waals surface area (Å²) in [5, 5.41) is 4.58. The topological polar surface area (TPSA) is 63.8 Å². The van der Waals surface area contributed by atoms with Gasteiger partial charge in [-0.2, -0.15) is 0 Å². The van der Waals surface area contributed by atoms with Gasteiger partial charge in [-0.25, -0.2) is 9.97 Å². The number of nitrogens with one attached hydrogen (secondary N) is 1. The van der Waals surface area contributed by atoms with Gasteiger partial charge in [0.2, 0.25) is 0 Å². The van der Waals surface area contributed by atoms with Crippen LogP contribution in [0.3, 0.4) is 0 Å². The Morgan fingerprint density at radius 3 is 2.73 bits per heavy atom. The fourth-order valence-electron chi connectivity index (χ4n) is 2.91. The maximum Gasteiger partial charge on any atom is 0.130 e. The van der Waals surface area contributed by atoms with E-state index >= 15 is 0 Å². The number of fused-ring (bicyclic) bond motifs is 1. The molecule has 0 aliphatic carbocycles. The van der Waals surface area contributed by atoms with Crippen molar-refractivity contribution in [3.05, 3.63) is 78.1 Å². The molecule has 0 radical (unpaired) electrons. The van der Waals surface area contributed by atoms with Crippen molar-refractivity contribution in [2.24, 2.45) is 5.73 Å². The number of thiophene rings is 1. The summed E-state index contributed by atoms with van der Waals surface area (Å²) in [4.78, 5) is 9.91. The molecule has 0 fully saturated rings. The highest BCUT2D eigenvalue weighted by atomic mass is 32.1. The average molecular weight is 360 g/mol. The van der Waals surface area contributed by atoms with Crippen molar-refractivity contribution in [3.8, 4) is 10.6 Å². The van der Waals surface area contributed by atoms with Gasteiger partial charge in [0.05, 0.1) is 10.6 Å². The van der Waals surface area contributed by atoms with Crippen molar-refractivity contribution in [3.63, 3.8) is 0 Å². The van der Waals surface area contributed by atoms with E-state index in [4.69, 9.17) is 5.73 Å². The highest BCUT2D eigenvalue weighted by molar-refractivity contribution is 7.22. The summed E-state index contributed by atoms with van der Waals surface area (Å²) >= 11 is 1.75. The van der Waals surface area contributed by atoms with Crippen molar-refractivity contribution >= 4 is 27.2 Å². The Morgan fingerprint density at radius 2 is 1.88 bits per heavy atom. The zero-order valence-electron chi connectivity index (χ0n) is 14.5. The number of aromatic nitrogens is 2. The largest absolute Gasteiger partial charge is 0.368 e. The van der Waals surface area contributed by atoms with Crippen LogP contribution >= 0.6 is 11.3 Å². The van der Waals surface area contributed by atoms with E-state index in [9.17, 15) is 0 Å². The van der Waals surface area contributed by atoms with E-state index in [2.05, 4.69) is 46.5 Å². The van der Waals surface area contributed by atoms with E-state index in [1.807, 2.05) is 36.4 Å². The molecular weight excluding hydrogens is 340 g/mol. The molecule has 5 heteroatoms. The van der Waals surface area contributed by atoms with E-state index in [-0.39, 0.29) is 6.04 Å². The number of nitrogens with two attached hydrogens (primary N) is 1. The number of aryl methyl sites for hydroxylation is 1. The van der Waals surface area contributed by atoms with Crippen LogP contribution in [0.4, 0.5) is 5.82 Å². The highest BCUT2D eigenvalue weighted by Crippen LogP contribution is 2.33. The quantitative estimate of drug-likeness (QED) is 0.538. The molecule has 4 rings (SSSR count). The van der Waals surface area contributed by atoms with Crippen LogP contribution in [-0.2, 0) is 0 Å². The molecule has 130 valence electrons. The summed E-state index contributed by atoms with van der Waals surface area (Å²) in [6, 6.07) is 20.7. The molecule has 0 unspecified atom stereocenters. The first-order valence-electron chi connectivity index (χ1n) is 8.56. The monoisotopic (exact) mass is 360 g/mol. The smallest absolute Gasteiger partial charge is 0.130 e. The Labute approximate surface area is 156 Å². The molecule has 26 heavy (non-hydrogen) atoms. The zero-order chi connectivity index (χ0) is 17.9. The number of rotatable bonds is 5. The second kappa shape index (κ2) is 7.23. The van der Waals surface area contributed by atoms with Crippen LogP contribution in [-0.4, -0.2) is 16.5 Å². The Kier molecular flexibility index (Phi) is 4.65. The van der Waals surface area contributed by atoms with E-state index in [1.54, 1.807) is 17.7 Å². The van der Waals surface area contributed by atoms with Gasteiger partial charge in [-0.3, -0.25) is 0 Å². The Morgan fingerprint density at radius 1 is 1.04 bits per heavy atom. The molecule has 0 spiro atoms. The molecule has 2 heterocycles. The molecule has 0 bridgehead atoms. The molecule has 1 atom stereocenters. The molecule has 4 aromatic rings. The second-order valence-corrected chi connectivity index (χ2v) is 7.42. The molecular formula is C21H20N4S. The third-order valence-electron chi connectivity index (χ3n) is 4.32. The van der Waals surface area contributed by atoms with Crippen LogP contribution in [0.25, 0.3) is 20.7 Å². The molecule has 0 aliphatic heterocycles. The van der Waals surface area contributed by atoms with Crippen LogP contribution in [0, 0.1) is 6.92 Å². The van der Waals surface area contributed by atoms with Crippen LogP contribution in [0.1, 0.15) is 17.2 Å². The van der Waals surface area contributed by atoms with Gasteiger partial charge in [-0.1, -0.05) is 48.0 Å². The maximum atomic E-state index is 6.25. The van der Waals surface area contributed by atoms with Gasteiger partial charge in [0.25, 0.3) is 0 Å². The lowest BCUT2D eigenvalue weighted by molar-refractivity contribution is 0.761. The Balaban J connectivity index is 1.52. The normalized spacial score (nSPS) is 12.2. The minimum Gasteiger partial charge on any atom is -0.368 e. The van der Waals surface area contributed by atoms with E-state index in [0.717, 1.165) is 22.0 Å².